The molecule has 0 radical (unpaired) electrons. The van der Waals surface area contributed by atoms with Crippen molar-refractivity contribution in [2.75, 3.05) is 51.6 Å². The highest BCUT2D eigenvalue weighted by Crippen LogP contribution is 2.23. The third kappa shape index (κ3) is 6.47. The van der Waals surface area contributed by atoms with Crippen molar-refractivity contribution in [1.29, 1.82) is 0 Å². The summed E-state index contributed by atoms with van der Waals surface area (Å²) in [6, 6.07) is 7.16. The number of benzene rings is 1. The average molecular weight is 461 g/mol. The number of carbonyl (C=O) groups excluding carboxylic acids is 1. The zero-order valence-corrected chi connectivity index (χ0v) is 19.3. The van der Waals surface area contributed by atoms with Gasteiger partial charge in [0, 0.05) is 20.2 Å². The van der Waals surface area contributed by atoms with E-state index in [0.29, 0.717) is 49.4 Å². The number of methoxy groups -OCH3 is 1. The second-order valence-electron chi connectivity index (χ2n) is 6.63. The SMILES string of the molecule is CCOc1ccc(OCC(=O)NCCn2ncc3c(NCCOC)nc(SC)nc32)cc1. The fourth-order valence-electron chi connectivity index (χ4n) is 2.90. The van der Waals surface area contributed by atoms with E-state index in [1.54, 1.807) is 30.1 Å². The van der Waals surface area contributed by atoms with E-state index in [1.165, 1.54) is 11.8 Å². The van der Waals surface area contributed by atoms with Gasteiger partial charge in [0.15, 0.2) is 17.4 Å². The summed E-state index contributed by atoms with van der Waals surface area (Å²) in [6.07, 6.45) is 3.65. The lowest BCUT2D eigenvalue weighted by Gasteiger charge is -2.10. The van der Waals surface area contributed by atoms with Crippen molar-refractivity contribution in [3.05, 3.63) is 30.5 Å². The highest BCUT2D eigenvalue weighted by Gasteiger charge is 2.13. The Labute approximate surface area is 191 Å². The van der Waals surface area contributed by atoms with Crippen molar-refractivity contribution in [1.82, 2.24) is 25.1 Å². The van der Waals surface area contributed by atoms with E-state index in [4.69, 9.17) is 14.2 Å². The molecule has 0 bridgehead atoms. The van der Waals surface area contributed by atoms with Crippen LogP contribution in [0.3, 0.4) is 0 Å². The van der Waals surface area contributed by atoms with Crippen LogP contribution in [0.2, 0.25) is 0 Å². The molecule has 3 aromatic rings. The minimum Gasteiger partial charge on any atom is -0.494 e. The Morgan fingerprint density at radius 1 is 1.12 bits per heavy atom. The molecule has 0 aliphatic heterocycles. The number of rotatable bonds is 13. The number of thioether (sulfide) groups is 1. The van der Waals surface area contributed by atoms with Crippen LogP contribution in [-0.2, 0) is 16.1 Å². The van der Waals surface area contributed by atoms with Gasteiger partial charge in [-0.25, -0.2) is 14.6 Å². The number of hydrogen-bond donors (Lipinski definition) is 2. The number of anilines is 1. The molecule has 2 aromatic heterocycles. The van der Waals surface area contributed by atoms with Crippen LogP contribution >= 0.6 is 11.8 Å². The van der Waals surface area contributed by atoms with Crippen molar-refractivity contribution >= 4 is 34.5 Å². The van der Waals surface area contributed by atoms with Gasteiger partial charge >= 0.3 is 0 Å². The third-order valence-corrected chi connectivity index (χ3v) is 4.96. The largest absolute Gasteiger partial charge is 0.494 e. The summed E-state index contributed by atoms with van der Waals surface area (Å²) in [4.78, 5) is 21.2. The minimum absolute atomic E-state index is 0.0692. The Balaban J connectivity index is 1.53. The standard InChI is InChI=1S/C21H28N6O4S/c1-4-30-15-5-7-16(8-6-15)31-14-18(28)22-9-11-27-20-17(13-24-27)19(23-10-12-29-2)25-21(26-20)32-3/h5-8,13H,4,9-12,14H2,1-3H3,(H,22,28)(H,23,25,26). The van der Waals surface area contributed by atoms with E-state index in [0.717, 1.165) is 17.0 Å². The van der Waals surface area contributed by atoms with Crippen molar-refractivity contribution in [2.45, 2.75) is 18.6 Å². The van der Waals surface area contributed by atoms with E-state index in [1.807, 2.05) is 25.3 Å². The van der Waals surface area contributed by atoms with Gasteiger partial charge in [-0.15, -0.1) is 0 Å². The lowest BCUT2D eigenvalue weighted by molar-refractivity contribution is -0.123. The zero-order valence-electron chi connectivity index (χ0n) is 18.5. The molecule has 10 nitrogen and oxygen atoms in total. The summed E-state index contributed by atoms with van der Waals surface area (Å²) < 4.78 is 17.8. The molecule has 1 aromatic carbocycles. The molecule has 0 unspecified atom stereocenters. The number of nitrogens with zero attached hydrogens (tertiary/aromatic N) is 4. The molecule has 172 valence electrons. The maximum atomic E-state index is 12.1. The molecule has 32 heavy (non-hydrogen) atoms. The van der Waals surface area contributed by atoms with Crippen LogP contribution in [0.15, 0.2) is 35.6 Å². The maximum Gasteiger partial charge on any atom is 0.258 e. The quantitative estimate of drug-likeness (QED) is 0.225. The van der Waals surface area contributed by atoms with Gasteiger partial charge in [-0.1, -0.05) is 11.8 Å². The average Bonchev–Trinajstić information content (AvgIpc) is 3.22. The van der Waals surface area contributed by atoms with Gasteiger partial charge < -0.3 is 24.8 Å². The topological polar surface area (TPSA) is 112 Å². The number of ether oxygens (including phenoxy) is 3. The molecule has 11 heteroatoms. The van der Waals surface area contributed by atoms with Crippen molar-refractivity contribution in [3.63, 3.8) is 0 Å². The van der Waals surface area contributed by atoms with Crippen molar-refractivity contribution in [3.8, 4) is 11.5 Å². The molecular weight excluding hydrogens is 432 g/mol. The number of fused-ring (bicyclic) bond motifs is 1. The van der Waals surface area contributed by atoms with Crippen LogP contribution in [0, 0.1) is 0 Å². The van der Waals surface area contributed by atoms with Gasteiger partial charge in [0.05, 0.1) is 31.3 Å². The van der Waals surface area contributed by atoms with Gasteiger partial charge in [0.1, 0.15) is 17.3 Å². The number of amides is 1. The number of hydrogen-bond acceptors (Lipinski definition) is 9. The Bertz CT molecular complexity index is 1010. The Kier molecular flexibility index (Phi) is 8.93. The maximum absolute atomic E-state index is 12.1. The molecule has 0 aliphatic rings. The Morgan fingerprint density at radius 3 is 2.56 bits per heavy atom. The first-order valence-corrected chi connectivity index (χ1v) is 11.5. The first-order chi connectivity index (χ1) is 15.6. The van der Waals surface area contributed by atoms with E-state index in [9.17, 15) is 4.79 Å². The van der Waals surface area contributed by atoms with E-state index in [2.05, 4.69) is 25.7 Å². The predicted octanol–water partition coefficient (Wildman–Crippen LogP) is 2.20. The van der Waals surface area contributed by atoms with Crippen LogP contribution in [0.1, 0.15) is 6.92 Å². The molecule has 3 rings (SSSR count). The van der Waals surface area contributed by atoms with Crippen LogP contribution in [0.25, 0.3) is 11.0 Å². The molecule has 0 spiro atoms. The van der Waals surface area contributed by atoms with Crippen molar-refractivity contribution in [2.24, 2.45) is 0 Å². The molecule has 0 saturated heterocycles. The highest BCUT2D eigenvalue weighted by atomic mass is 32.2. The van der Waals surface area contributed by atoms with Gasteiger partial charge in [-0.05, 0) is 37.4 Å². The molecule has 0 saturated carbocycles. The summed E-state index contributed by atoms with van der Waals surface area (Å²) >= 11 is 1.46. The van der Waals surface area contributed by atoms with Crippen LogP contribution in [0.5, 0.6) is 11.5 Å². The fraction of sp³-hybridized carbons (Fsp3) is 0.429. The third-order valence-electron chi connectivity index (χ3n) is 4.41. The Morgan fingerprint density at radius 2 is 1.88 bits per heavy atom. The van der Waals surface area contributed by atoms with Gasteiger partial charge in [-0.2, -0.15) is 5.10 Å². The van der Waals surface area contributed by atoms with Gasteiger partial charge in [-0.3, -0.25) is 4.79 Å². The Hall–Kier alpha value is -3.05. The molecular formula is C21H28N6O4S. The minimum atomic E-state index is -0.211. The lowest BCUT2D eigenvalue weighted by Crippen LogP contribution is -2.31. The fourth-order valence-corrected chi connectivity index (χ4v) is 3.26. The summed E-state index contributed by atoms with van der Waals surface area (Å²) in [7, 11) is 1.65. The summed E-state index contributed by atoms with van der Waals surface area (Å²) in [6.45, 7) is 4.53. The van der Waals surface area contributed by atoms with E-state index < -0.39 is 0 Å². The number of carbonyl (C=O) groups is 1. The normalized spacial score (nSPS) is 10.8. The monoisotopic (exact) mass is 460 g/mol. The predicted molar refractivity (Wildman–Crippen MR) is 124 cm³/mol. The summed E-state index contributed by atoms with van der Waals surface area (Å²) in [5.41, 5.74) is 0.712. The van der Waals surface area contributed by atoms with E-state index >= 15 is 0 Å². The first kappa shape index (κ1) is 23.6. The molecule has 2 heterocycles. The first-order valence-electron chi connectivity index (χ1n) is 10.3. The molecule has 0 fully saturated rings. The smallest absolute Gasteiger partial charge is 0.258 e. The molecule has 0 atom stereocenters. The number of aromatic nitrogens is 4. The van der Waals surface area contributed by atoms with Crippen LogP contribution < -0.4 is 20.1 Å². The van der Waals surface area contributed by atoms with Crippen LogP contribution in [-0.4, -0.2) is 71.9 Å². The van der Waals surface area contributed by atoms with Gasteiger partial charge in [0.2, 0.25) is 0 Å². The lowest BCUT2D eigenvalue weighted by atomic mass is 10.3. The molecule has 0 aliphatic carbocycles. The zero-order chi connectivity index (χ0) is 22.8. The van der Waals surface area contributed by atoms with Gasteiger partial charge in [0.25, 0.3) is 5.91 Å². The highest BCUT2D eigenvalue weighted by molar-refractivity contribution is 7.98. The summed E-state index contributed by atoms with van der Waals surface area (Å²) in [5.74, 6) is 1.88. The summed E-state index contributed by atoms with van der Waals surface area (Å²) in [5, 5.41) is 12.0. The number of nitrogens with one attached hydrogen (secondary N) is 2. The molecule has 2 N–H and O–H groups in total. The van der Waals surface area contributed by atoms with Crippen molar-refractivity contribution < 1.29 is 19.0 Å². The van der Waals surface area contributed by atoms with E-state index in [-0.39, 0.29) is 12.5 Å². The second kappa shape index (κ2) is 12.1. The molecule has 1 amide bonds. The van der Waals surface area contributed by atoms with Crippen LogP contribution in [0.4, 0.5) is 5.82 Å². The second-order valence-corrected chi connectivity index (χ2v) is 7.40.